The largest absolute Gasteiger partial charge is 0.347 e. The van der Waals surface area contributed by atoms with E-state index >= 15 is 0 Å². The Morgan fingerprint density at radius 2 is 2.43 bits per heavy atom. The minimum atomic E-state index is -0.0776. The van der Waals surface area contributed by atoms with Crippen LogP contribution in [0.15, 0.2) is 24.0 Å². The molecule has 0 saturated carbocycles. The molecular weight excluding hydrogens is 286 g/mol. The van der Waals surface area contributed by atoms with E-state index in [0.29, 0.717) is 6.42 Å². The molecule has 0 aromatic carbocycles. The fraction of sp³-hybridized carbons (Fsp3) is 0.357. The SMILES string of the molecule is CCC(NC(=O)Cc1csc2nc(C)cn12)c1ncc[nH]1. The van der Waals surface area contributed by atoms with Crippen molar-refractivity contribution in [2.45, 2.75) is 32.7 Å². The number of carbonyl (C=O) groups excluding carboxylic acids is 1. The first-order valence-corrected chi connectivity index (χ1v) is 7.76. The molecule has 3 heterocycles. The summed E-state index contributed by atoms with van der Waals surface area (Å²) in [6.45, 7) is 3.98. The molecule has 2 N–H and O–H groups in total. The van der Waals surface area contributed by atoms with Gasteiger partial charge in [0.2, 0.25) is 5.91 Å². The second-order valence-corrected chi connectivity index (χ2v) is 5.78. The van der Waals surface area contributed by atoms with Crippen LogP contribution in [0.4, 0.5) is 0 Å². The number of carbonyl (C=O) groups is 1. The third kappa shape index (κ3) is 2.82. The maximum Gasteiger partial charge on any atom is 0.226 e. The van der Waals surface area contributed by atoms with Gasteiger partial charge in [-0.2, -0.15) is 0 Å². The van der Waals surface area contributed by atoms with E-state index in [4.69, 9.17) is 0 Å². The quantitative estimate of drug-likeness (QED) is 0.759. The van der Waals surface area contributed by atoms with Crippen molar-refractivity contribution in [2.75, 3.05) is 0 Å². The molecule has 110 valence electrons. The number of aromatic amines is 1. The number of amides is 1. The molecule has 0 aliphatic carbocycles. The van der Waals surface area contributed by atoms with E-state index < -0.39 is 0 Å². The Hall–Kier alpha value is -2.15. The van der Waals surface area contributed by atoms with Crippen LogP contribution in [0.2, 0.25) is 0 Å². The number of aryl methyl sites for hydroxylation is 1. The fourth-order valence-electron chi connectivity index (χ4n) is 2.31. The molecule has 1 unspecified atom stereocenters. The minimum Gasteiger partial charge on any atom is -0.347 e. The summed E-state index contributed by atoms with van der Waals surface area (Å²) in [4.78, 5) is 24.8. The van der Waals surface area contributed by atoms with Crippen molar-refractivity contribution in [2.24, 2.45) is 0 Å². The van der Waals surface area contributed by atoms with Crippen LogP contribution in [0.5, 0.6) is 0 Å². The number of thiazole rings is 1. The van der Waals surface area contributed by atoms with Gasteiger partial charge in [-0.3, -0.25) is 9.20 Å². The van der Waals surface area contributed by atoms with Gasteiger partial charge in [-0.15, -0.1) is 11.3 Å². The van der Waals surface area contributed by atoms with E-state index in [1.165, 1.54) is 0 Å². The number of rotatable bonds is 5. The number of H-pyrrole nitrogens is 1. The van der Waals surface area contributed by atoms with Crippen molar-refractivity contribution in [1.82, 2.24) is 24.7 Å². The van der Waals surface area contributed by atoms with E-state index in [2.05, 4.69) is 20.3 Å². The second kappa shape index (κ2) is 5.69. The number of imidazole rings is 2. The fourth-order valence-corrected chi connectivity index (χ4v) is 3.23. The van der Waals surface area contributed by atoms with Crippen molar-refractivity contribution in [3.8, 4) is 0 Å². The van der Waals surface area contributed by atoms with Crippen LogP contribution < -0.4 is 5.32 Å². The molecule has 0 aliphatic heterocycles. The molecular formula is C14H17N5OS. The lowest BCUT2D eigenvalue weighted by atomic mass is 10.2. The molecule has 0 aliphatic rings. The molecule has 1 amide bonds. The summed E-state index contributed by atoms with van der Waals surface area (Å²) < 4.78 is 1.98. The third-order valence-electron chi connectivity index (χ3n) is 3.34. The maximum atomic E-state index is 12.2. The second-order valence-electron chi connectivity index (χ2n) is 4.94. The first-order chi connectivity index (χ1) is 10.2. The number of hydrogen-bond acceptors (Lipinski definition) is 4. The number of fused-ring (bicyclic) bond motifs is 1. The van der Waals surface area contributed by atoms with E-state index in [1.807, 2.05) is 29.8 Å². The van der Waals surface area contributed by atoms with Gasteiger partial charge in [-0.05, 0) is 13.3 Å². The van der Waals surface area contributed by atoms with Crippen molar-refractivity contribution < 1.29 is 4.79 Å². The molecule has 3 rings (SSSR count). The monoisotopic (exact) mass is 303 g/mol. The highest BCUT2D eigenvalue weighted by molar-refractivity contribution is 7.15. The molecule has 1 atom stereocenters. The van der Waals surface area contributed by atoms with Crippen molar-refractivity contribution in [3.05, 3.63) is 41.2 Å². The minimum absolute atomic E-state index is 0.00990. The molecule has 21 heavy (non-hydrogen) atoms. The highest BCUT2D eigenvalue weighted by Crippen LogP contribution is 2.17. The summed E-state index contributed by atoms with van der Waals surface area (Å²) in [6.07, 6.45) is 6.55. The molecule has 0 saturated heterocycles. The van der Waals surface area contributed by atoms with Gasteiger partial charge in [0.05, 0.1) is 18.2 Å². The number of nitrogens with zero attached hydrogens (tertiary/aromatic N) is 3. The summed E-state index contributed by atoms with van der Waals surface area (Å²) in [5.41, 5.74) is 1.92. The average molecular weight is 303 g/mol. The van der Waals surface area contributed by atoms with Crippen LogP contribution >= 0.6 is 11.3 Å². The van der Waals surface area contributed by atoms with Gasteiger partial charge in [0, 0.05) is 29.7 Å². The van der Waals surface area contributed by atoms with Crippen LogP contribution in [0.25, 0.3) is 4.96 Å². The normalized spacial score (nSPS) is 12.7. The molecule has 3 aromatic rings. The lowest BCUT2D eigenvalue weighted by molar-refractivity contribution is -0.121. The Bertz CT molecular complexity index is 743. The van der Waals surface area contributed by atoms with Gasteiger partial charge in [0.25, 0.3) is 0 Å². The van der Waals surface area contributed by atoms with Gasteiger partial charge < -0.3 is 10.3 Å². The average Bonchev–Trinajstić information content (AvgIpc) is 3.15. The lowest BCUT2D eigenvalue weighted by Gasteiger charge is -2.14. The van der Waals surface area contributed by atoms with E-state index in [1.54, 1.807) is 23.7 Å². The maximum absolute atomic E-state index is 12.2. The zero-order valence-electron chi connectivity index (χ0n) is 12.0. The Morgan fingerprint density at radius 3 is 3.14 bits per heavy atom. The molecule has 0 radical (unpaired) electrons. The van der Waals surface area contributed by atoms with Crippen LogP contribution in [-0.4, -0.2) is 25.3 Å². The summed E-state index contributed by atoms with van der Waals surface area (Å²) in [5.74, 6) is 0.782. The van der Waals surface area contributed by atoms with Crippen molar-refractivity contribution >= 4 is 22.2 Å². The predicted molar refractivity (Wildman–Crippen MR) is 81.3 cm³/mol. The van der Waals surface area contributed by atoms with Gasteiger partial charge >= 0.3 is 0 Å². The molecule has 3 aromatic heterocycles. The van der Waals surface area contributed by atoms with Crippen LogP contribution in [0.1, 0.15) is 36.6 Å². The lowest BCUT2D eigenvalue weighted by Crippen LogP contribution is -2.30. The number of aromatic nitrogens is 4. The van der Waals surface area contributed by atoms with E-state index in [0.717, 1.165) is 28.6 Å². The zero-order valence-corrected chi connectivity index (χ0v) is 12.8. The highest BCUT2D eigenvalue weighted by atomic mass is 32.1. The summed E-state index contributed by atoms with van der Waals surface area (Å²) in [5, 5.41) is 5.00. The predicted octanol–water partition coefficient (Wildman–Crippen LogP) is 2.24. The number of nitrogens with one attached hydrogen (secondary N) is 2. The summed E-state index contributed by atoms with van der Waals surface area (Å²) >= 11 is 1.55. The summed E-state index contributed by atoms with van der Waals surface area (Å²) in [7, 11) is 0. The molecule has 7 heteroatoms. The Balaban J connectivity index is 1.71. The smallest absolute Gasteiger partial charge is 0.226 e. The summed E-state index contributed by atoms with van der Waals surface area (Å²) in [6, 6.07) is -0.0776. The van der Waals surface area contributed by atoms with Crippen molar-refractivity contribution in [3.63, 3.8) is 0 Å². The zero-order chi connectivity index (χ0) is 14.8. The number of hydrogen-bond donors (Lipinski definition) is 2. The first-order valence-electron chi connectivity index (χ1n) is 6.88. The Labute approximate surface area is 126 Å². The van der Waals surface area contributed by atoms with Gasteiger partial charge in [-0.25, -0.2) is 9.97 Å². The van der Waals surface area contributed by atoms with E-state index in [9.17, 15) is 4.79 Å². The molecule has 0 fully saturated rings. The van der Waals surface area contributed by atoms with Gasteiger partial charge in [0.1, 0.15) is 5.82 Å². The highest BCUT2D eigenvalue weighted by Gasteiger charge is 2.16. The molecule has 0 bridgehead atoms. The first kappa shape index (κ1) is 13.8. The van der Waals surface area contributed by atoms with E-state index in [-0.39, 0.29) is 11.9 Å². The van der Waals surface area contributed by atoms with Crippen LogP contribution in [0.3, 0.4) is 0 Å². The topological polar surface area (TPSA) is 75.1 Å². The molecule has 6 nitrogen and oxygen atoms in total. The standard InChI is InChI=1S/C14H17N5OS/c1-3-11(13-15-4-5-16-13)18-12(20)6-10-8-21-14-17-9(2)7-19(10)14/h4-5,7-8,11H,3,6H2,1-2H3,(H,15,16)(H,18,20). The Morgan fingerprint density at radius 1 is 1.57 bits per heavy atom. The van der Waals surface area contributed by atoms with Crippen LogP contribution in [-0.2, 0) is 11.2 Å². The third-order valence-corrected chi connectivity index (χ3v) is 4.23. The van der Waals surface area contributed by atoms with Crippen LogP contribution in [0, 0.1) is 6.92 Å². The molecule has 0 spiro atoms. The Kier molecular flexibility index (Phi) is 3.74. The van der Waals surface area contributed by atoms with Gasteiger partial charge in [0.15, 0.2) is 4.96 Å². The van der Waals surface area contributed by atoms with Gasteiger partial charge in [-0.1, -0.05) is 6.92 Å². The van der Waals surface area contributed by atoms with Crippen molar-refractivity contribution in [1.29, 1.82) is 0 Å².